The van der Waals surface area contributed by atoms with Crippen molar-refractivity contribution in [2.75, 3.05) is 13.2 Å². The SMILES string of the molecule is O=c1c(OC2(O)O[C@@H](CO)[C@H](O)[C@@H](O)[C@@H]2O)c(-c2ccc(O)c(O)c2)oc2cc(OC3(O)O[C@@H](CO)[C@H](O)[C@@H](O)[C@@H]3O)cc(O)c12. The summed E-state index contributed by atoms with van der Waals surface area (Å²) in [5, 5.41) is 132. The Morgan fingerprint density at radius 3 is 1.76 bits per heavy atom. The number of aliphatic hydroxyl groups is 10. The molecule has 2 aromatic carbocycles. The molecule has 0 amide bonds. The van der Waals surface area contributed by atoms with E-state index in [4.69, 9.17) is 23.4 Å². The molecule has 3 heterocycles. The first-order valence-electron chi connectivity index (χ1n) is 13.4. The molecule has 252 valence electrons. The minimum Gasteiger partial charge on any atom is -0.507 e. The van der Waals surface area contributed by atoms with E-state index in [0.29, 0.717) is 6.07 Å². The van der Waals surface area contributed by atoms with Crippen LogP contribution in [0.2, 0.25) is 0 Å². The Hall–Kier alpha value is -3.83. The third kappa shape index (κ3) is 5.57. The normalized spacial score (nSPS) is 34.8. The maximum atomic E-state index is 13.8. The number of aromatic hydroxyl groups is 3. The monoisotopic (exact) mass is 658 g/mol. The van der Waals surface area contributed by atoms with Crippen LogP contribution in [0.5, 0.6) is 28.7 Å². The van der Waals surface area contributed by atoms with Crippen molar-refractivity contribution in [3.8, 4) is 40.1 Å². The predicted molar refractivity (Wildman–Crippen MR) is 144 cm³/mol. The molecule has 0 bridgehead atoms. The average Bonchev–Trinajstić information content (AvgIpc) is 3.01. The molecular formula is C27H30O19. The van der Waals surface area contributed by atoms with Gasteiger partial charge in [-0.3, -0.25) is 4.79 Å². The summed E-state index contributed by atoms with van der Waals surface area (Å²) in [5.41, 5.74) is -2.11. The lowest BCUT2D eigenvalue weighted by Gasteiger charge is -2.44. The number of aliphatic hydroxyl groups excluding tert-OH is 8. The fourth-order valence-electron chi connectivity index (χ4n) is 5.00. The Morgan fingerprint density at radius 2 is 1.24 bits per heavy atom. The lowest BCUT2D eigenvalue weighted by Crippen LogP contribution is -2.67. The second kappa shape index (κ2) is 12.1. The van der Waals surface area contributed by atoms with Gasteiger partial charge in [-0.25, -0.2) is 0 Å². The molecule has 19 nitrogen and oxygen atoms in total. The maximum Gasteiger partial charge on any atom is 0.355 e. The maximum absolute atomic E-state index is 13.8. The second-order valence-electron chi connectivity index (χ2n) is 10.6. The largest absolute Gasteiger partial charge is 0.507 e. The van der Waals surface area contributed by atoms with E-state index in [1.807, 2.05) is 0 Å². The van der Waals surface area contributed by atoms with Gasteiger partial charge in [0.2, 0.25) is 11.2 Å². The van der Waals surface area contributed by atoms with Crippen molar-refractivity contribution in [3.05, 3.63) is 40.6 Å². The Kier molecular flexibility index (Phi) is 8.80. The van der Waals surface area contributed by atoms with Gasteiger partial charge in [0.05, 0.1) is 13.2 Å². The molecule has 0 spiro atoms. The first-order valence-corrected chi connectivity index (χ1v) is 13.4. The lowest BCUT2D eigenvalue weighted by molar-refractivity contribution is -0.422. The smallest absolute Gasteiger partial charge is 0.355 e. The van der Waals surface area contributed by atoms with Gasteiger partial charge in [0.1, 0.15) is 59.1 Å². The van der Waals surface area contributed by atoms with Gasteiger partial charge in [0.15, 0.2) is 29.5 Å². The van der Waals surface area contributed by atoms with Crippen LogP contribution in [0.4, 0.5) is 0 Å². The van der Waals surface area contributed by atoms with E-state index in [-0.39, 0.29) is 5.56 Å². The minimum absolute atomic E-state index is 0.240. The van der Waals surface area contributed by atoms with E-state index in [1.165, 1.54) is 0 Å². The van der Waals surface area contributed by atoms with Gasteiger partial charge in [0.25, 0.3) is 0 Å². The lowest BCUT2D eigenvalue weighted by atomic mass is 9.97. The number of ether oxygens (including phenoxy) is 4. The van der Waals surface area contributed by atoms with E-state index in [2.05, 4.69) is 0 Å². The zero-order chi connectivity index (χ0) is 33.9. The first-order chi connectivity index (χ1) is 21.5. The van der Waals surface area contributed by atoms with Gasteiger partial charge in [-0.15, -0.1) is 0 Å². The molecule has 2 unspecified atom stereocenters. The molecule has 10 atom stereocenters. The molecule has 46 heavy (non-hydrogen) atoms. The number of rotatable bonds is 7. The summed E-state index contributed by atoms with van der Waals surface area (Å²) in [7, 11) is 0. The van der Waals surface area contributed by atoms with Crippen molar-refractivity contribution < 1.29 is 89.7 Å². The van der Waals surface area contributed by atoms with Crippen molar-refractivity contribution in [2.45, 2.75) is 60.8 Å². The van der Waals surface area contributed by atoms with Crippen LogP contribution >= 0.6 is 0 Å². The van der Waals surface area contributed by atoms with Crippen LogP contribution in [-0.2, 0) is 9.47 Å². The summed E-state index contributed by atoms with van der Waals surface area (Å²) in [6.07, 6.45) is -16.2. The van der Waals surface area contributed by atoms with Crippen molar-refractivity contribution in [2.24, 2.45) is 0 Å². The van der Waals surface area contributed by atoms with Crippen molar-refractivity contribution in [1.29, 1.82) is 0 Å². The Bertz CT molecular complexity index is 1660. The van der Waals surface area contributed by atoms with Crippen LogP contribution in [0.1, 0.15) is 0 Å². The van der Waals surface area contributed by atoms with Crippen molar-refractivity contribution in [3.63, 3.8) is 0 Å². The summed E-state index contributed by atoms with van der Waals surface area (Å²) >= 11 is 0. The van der Waals surface area contributed by atoms with Crippen LogP contribution in [0.15, 0.2) is 39.5 Å². The molecule has 13 N–H and O–H groups in total. The van der Waals surface area contributed by atoms with Gasteiger partial charge in [-0.2, -0.15) is 0 Å². The fourth-order valence-corrected chi connectivity index (χ4v) is 5.00. The molecule has 2 aliphatic heterocycles. The quantitative estimate of drug-likeness (QED) is 0.0841. The fraction of sp³-hybridized carbons (Fsp3) is 0.444. The highest BCUT2D eigenvalue weighted by Crippen LogP contribution is 2.42. The van der Waals surface area contributed by atoms with E-state index in [1.54, 1.807) is 0 Å². The van der Waals surface area contributed by atoms with Crippen LogP contribution in [0.25, 0.3) is 22.3 Å². The Morgan fingerprint density at radius 1 is 0.696 bits per heavy atom. The van der Waals surface area contributed by atoms with Crippen LogP contribution < -0.4 is 14.9 Å². The number of fused-ring (bicyclic) bond motifs is 1. The number of hydrogen-bond acceptors (Lipinski definition) is 19. The van der Waals surface area contributed by atoms with Gasteiger partial charge >= 0.3 is 11.9 Å². The Labute approximate surface area is 255 Å². The first kappa shape index (κ1) is 33.5. The number of phenols is 3. The van der Waals surface area contributed by atoms with E-state index < -0.39 is 125 Å². The van der Waals surface area contributed by atoms with Crippen LogP contribution in [0.3, 0.4) is 0 Å². The zero-order valence-corrected chi connectivity index (χ0v) is 23.2. The molecule has 1 aromatic heterocycles. The molecule has 0 saturated carbocycles. The zero-order valence-electron chi connectivity index (χ0n) is 23.2. The number of benzene rings is 2. The van der Waals surface area contributed by atoms with Gasteiger partial charge in [-0.05, 0) is 18.2 Å². The third-order valence-electron chi connectivity index (χ3n) is 7.51. The summed E-state index contributed by atoms with van der Waals surface area (Å²) < 4.78 is 26.4. The van der Waals surface area contributed by atoms with Crippen molar-refractivity contribution >= 4 is 11.0 Å². The second-order valence-corrected chi connectivity index (χ2v) is 10.6. The highest BCUT2D eigenvalue weighted by Gasteiger charge is 2.57. The topological polar surface area (TPSA) is 330 Å². The summed E-state index contributed by atoms with van der Waals surface area (Å²) in [6, 6.07) is 4.51. The van der Waals surface area contributed by atoms with Gasteiger partial charge in [-0.1, -0.05) is 0 Å². The van der Waals surface area contributed by atoms with Crippen LogP contribution in [0, 0.1) is 0 Å². The van der Waals surface area contributed by atoms with E-state index >= 15 is 0 Å². The number of hydrogen-bond donors (Lipinski definition) is 13. The summed E-state index contributed by atoms with van der Waals surface area (Å²) in [6.45, 7) is -1.93. The Balaban J connectivity index is 1.65. The summed E-state index contributed by atoms with van der Waals surface area (Å²) in [4.78, 5) is 13.8. The molecule has 2 fully saturated rings. The predicted octanol–water partition coefficient (Wildman–Crippen LogP) is -4.43. The van der Waals surface area contributed by atoms with Gasteiger partial charge < -0.3 is 89.7 Å². The molecule has 19 heteroatoms. The molecule has 5 rings (SSSR count). The van der Waals surface area contributed by atoms with Crippen LogP contribution in [-0.4, -0.2) is 140 Å². The molecule has 2 aliphatic rings. The van der Waals surface area contributed by atoms with Crippen molar-refractivity contribution in [1.82, 2.24) is 0 Å². The van der Waals surface area contributed by atoms with Gasteiger partial charge in [0, 0.05) is 17.7 Å². The minimum atomic E-state index is -3.34. The van der Waals surface area contributed by atoms with E-state index in [0.717, 1.165) is 24.3 Å². The molecule has 0 aliphatic carbocycles. The molecule has 2 saturated heterocycles. The molecule has 3 aromatic rings. The summed E-state index contributed by atoms with van der Waals surface area (Å²) in [5.74, 6) is -11.1. The standard InChI is InChI=1S/C27H30O19/c28-6-14-17(33)20(36)24(38)26(40,44-14)43-9-4-12(32)16-13(5-9)42-22(8-1-2-10(30)11(31)3-8)23(19(16)35)46-27(41)25(39)21(37)18(34)15(7-29)45-27/h1-5,14-15,17-18,20-21,24-25,28-34,36-41H,6-7H2/t14-,15-,17-,18-,20+,21+,24-,25-,26?,27?/m0/s1. The molecule has 0 radical (unpaired) electrons. The highest BCUT2D eigenvalue weighted by molar-refractivity contribution is 5.88. The molecular weight excluding hydrogens is 628 g/mol. The number of phenolic OH excluding ortho intramolecular Hbond substituents is 3. The highest BCUT2D eigenvalue weighted by atomic mass is 16.8. The third-order valence-corrected chi connectivity index (χ3v) is 7.51. The van der Waals surface area contributed by atoms with E-state index in [9.17, 15) is 71.2 Å². The average molecular weight is 659 g/mol.